The lowest BCUT2D eigenvalue weighted by Crippen LogP contribution is -2.40. The Morgan fingerprint density at radius 3 is 2.63 bits per heavy atom. The largest absolute Gasteiger partial charge is 0.348 e. The van der Waals surface area contributed by atoms with Gasteiger partial charge in [0.2, 0.25) is 5.62 Å². The smallest absolute Gasteiger partial charge is 0.207 e. The third-order valence-electron chi connectivity index (χ3n) is 7.31. The zero-order valence-corrected chi connectivity index (χ0v) is 22.6. The van der Waals surface area contributed by atoms with E-state index in [1.165, 1.54) is 12.8 Å². The van der Waals surface area contributed by atoms with E-state index in [1.54, 1.807) is 7.05 Å². The highest BCUT2D eigenvalue weighted by atomic mass is 35.5. The van der Waals surface area contributed by atoms with Crippen LogP contribution in [0.2, 0.25) is 5.02 Å². The van der Waals surface area contributed by atoms with Gasteiger partial charge in [-0.15, -0.1) is 0 Å². The van der Waals surface area contributed by atoms with Crippen LogP contribution in [0.25, 0.3) is 33.3 Å². The van der Waals surface area contributed by atoms with Gasteiger partial charge < -0.3 is 4.57 Å². The summed E-state index contributed by atoms with van der Waals surface area (Å²) in [5.41, 5.74) is 6.77. The molecule has 192 valence electrons. The standard InChI is InChI=1S/C28H28ClN9/c1-31-26-24-25(23-11-18(13-30)14-35(23)3)38(16-19-9-10-33-22-8-7-20(29)12-21(19)22)34-27(24)37(15-17-5-6-17)28(32-2)36(26)4/h7-12,14,17H,5-6,15-16H2,1-4H3/b31-26-,32-28-. The molecule has 9 nitrogen and oxygen atoms in total. The molecule has 1 fully saturated rings. The fraction of sp³-hybridized carbons (Fsp3) is 0.321. The molecule has 0 saturated heterocycles. The Bertz CT molecular complexity index is 1910. The van der Waals surface area contributed by atoms with E-state index < -0.39 is 0 Å². The number of nitrogens with zero attached hydrogens (tertiary/aromatic N) is 9. The normalized spacial score (nSPS) is 14.6. The minimum absolute atomic E-state index is 0.491. The molecule has 1 aromatic carbocycles. The van der Waals surface area contributed by atoms with Crippen LogP contribution in [0.1, 0.15) is 24.0 Å². The predicted octanol–water partition coefficient (Wildman–Crippen LogP) is 3.77. The van der Waals surface area contributed by atoms with Crippen LogP contribution in [0.4, 0.5) is 0 Å². The molecular weight excluding hydrogens is 498 g/mol. The van der Waals surface area contributed by atoms with E-state index in [2.05, 4.69) is 20.6 Å². The van der Waals surface area contributed by atoms with Gasteiger partial charge in [-0.05, 0) is 54.7 Å². The van der Waals surface area contributed by atoms with Gasteiger partial charge in [-0.25, -0.2) is 0 Å². The van der Waals surface area contributed by atoms with Crippen molar-refractivity contribution in [2.75, 3.05) is 14.1 Å². The molecule has 1 aliphatic rings. The van der Waals surface area contributed by atoms with Crippen molar-refractivity contribution in [1.29, 1.82) is 5.26 Å². The molecule has 1 aliphatic carbocycles. The van der Waals surface area contributed by atoms with Crippen molar-refractivity contribution < 1.29 is 0 Å². The van der Waals surface area contributed by atoms with E-state index in [9.17, 15) is 5.26 Å². The third kappa shape index (κ3) is 3.92. The second kappa shape index (κ2) is 9.30. The lowest BCUT2D eigenvalue weighted by Gasteiger charge is -2.13. The van der Waals surface area contributed by atoms with Crippen LogP contribution < -0.4 is 11.1 Å². The van der Waals surface area contributed by atoms with E-state index in [-0.39, 0.29) is 0 Å². The number of benzene rings is 1. The van der Waals surface area contributed by atoms with Gasteiger partial charge >= 0.3 is 0 Å². The first-order valence-electron chi connectivity index (χ1n) is 12.6. The Kier molecular flexibility index (Phi) is 5.92. The van der Waals surface area contributed by atoms with Crippen molar-refractivity contribution >= 4 is 33.5 Å². The molecule has 0 amide bonds. The zero-order valence-electron chi connectivity index (χ0n) is 21.9. The topological polar surface area (TPSA) is 94.0 Å². The average molecular weight is 526 g/mol. The lowest BCUT2D eigenvalue weighted by atomic mass is 10.1. The molecule has 6 rings (SSSR count). The molecule has 0 spiro atoms. The Morgan fingerprint density at radius 1 is 1.13 bits per heavy atom. The molecule has 10 heteroatoms. The van der Waals surface area contributed by atoms with Crippen LogP contribution in [0, 0.1) is 17.2 Å². The highest BCUT2D eigenvalue weighted by Gasteiger charge is 2.27. The molecule has 4 heterocycles. The van der Waals surface area contributed by atoms with Gasteiger partial charge in [0.05, 0.1) is 34.4 Å². The van der Waals surface area contributed by atoms with Crippen LogP contribution in [0.15, 0.2) is 52.7 Å². The summed E-state index contributed by atoms with van der Waals surface area (Å²) in [4.78, 5) is 13.9. The van der Waals surface area contributed by atoms with Crippen molar-refractivity contribution in [1.82, 2.24) is 28.5 Å². The van der Waals surface area contributed by atoms with Crippen LogP contribution in [0.5, 0.6) is 0 Å². The summed E-state index contributed by atoms with van der Waals surface area (Å²) in [7, 11) is 7.56. The highest BCUT2D eigenvalue weighted by Crippen LogP contribution is 2.33. The van der Waals surface area contributed by atoms with Crippen LogP contribution in [-0.2, 0) is 27.2 Å². The summed E-state index contributed by atoms with van der Waals surface area (Å²) in [6, 6.07) is 11.9. The highest BCUT2D eigenvalue weighted by molar-refractivity contribution is 6.31. The lowest BCUT2D eigenvalue weighted by molar-refractivity contribution is 0.555. The van der Waals surface area contributed by atoms with E-state index in [0.717, 1.165) is 56.5 Å². The van der Waals surface area contributed by atoms with Gasteiger partial charge in [-0.2, -0.15) is 10.4 Å². The van der Waals surface area contributed by atoms with Gasteiger partial charge in [0.25, 0.3) is 0 Å². The maximum Gasteiger partial charge on any atom is 0.207 e. The number of aryl methyl sites for hydroxylation is 1. The summed E-state index contributed by atoms with van der Waals surface area (Å²) < 4.78 is 8.26. The molecule has 0 unspecified atom stereocenters. The molecule has 0 atom stereocenters. The number of halogens is 1. The number of hydrogen-bond donors (Lipinski definition) is 0. The minimum Gasteiger partial charge on any atom is -0.348 e. The molecule has 0 aliphatic heterocycles. The first-order chi connectivity index (χ1) is 18.4. The van der Waals surface area contributed by atoms with Gasteiger partial charge in [-0.3, -0.25) is 28.8 Å². The first kappa shape index (κ1) is 24.2. The molecule has 1 saturated carbocycles. The molecule has 0 bridgehead atoms. The van der Waals surface area contributed by atoms with Crippen LogP contribution in [0.3, 0.4) is 0 Å². The molecule has 38 heavy (non-hydrogen) atoms. The van der Waals surface area contributed by atoms with Gasteiger partial charge in [-0.1, -0.05) is 11.6 Å². The summed E-state index contributed by atoms with van der Waals surface area (Å²) in [5.74, 6) is 0.619. The van der Waals surface area contributed by atoms with Crippen molar-refractivity contribution in [3.63, 3.8) is 0 Å². The number of hydrogen-bond acceptors (Lipinski definition) is 5. The number of fused-ring (bicyclic) bond motifs is 2. The molecule has 5 aromatic rings. The van der Waals surface area contributed by atoms with E-state index >= 15 is 0 Å². The maximum atomic E-state index is 9.65. The predicted molar refractivity (Wildman–Crippen MR) is 147 cm³/mol. The van der Waals surface area contributed by atoms with Crippen molar-refractivity contribution in [3.05, 3.63) is 70.0 Å². The van der Waals surface area contributed by atoms with Crippen molar-refractivity contribution in [3.8, 4) is 17.5 Å². The third-order valence-corrected chi connectivity index (χ3v) is 7.55. The van der Waals surface area contributed by atoms with E-state index in [1.807, 2.05) is 77.7 Å². The summed E-state index contributed by atoms with van der Waals surface area (Å²) in [6.45, 7) is 1.34. The summed E-state index contributed by atoms with van der Waals surface area (Å²) in [6.07, 6.45) is 6.08. The fourth-order valence-electron chi connectivity index (χ4n) is 5.35. The van der Waals surface area contributed by atoms with Gasteiger partial charge in [0, 0.05) is 57.5 Å². The second-order valence-electron chi connectivity index (χ2n) is 9.86. The average Bonchev–Trinajstić information content (AvgIpc) is 3.55. The fourth-order valence-corrected chi connectivity index (χ4v) is 5.52. The second-order valence-corrected chi connectivity index (χ2v) is 10.3. The number of nitriles is 1. The Hall–Kier alpha value is -4.16. The monoisotopic (exact) mass is 525 g/mol. The Labute approximate surface area is 224 Å². The van der Waals surface area contributed by atoms with Crippen molar-refractivity contribution in [2.24, 2.45) is 30.0 Å². The van der Waals surface area contributed by atoms with Gasteiger partial charge in [0.1, 0.15) is 11.6 Å². The molecule has 0 radical (unpaired) electrons. The molecule has 4 aromatic heterocycles. The molecule has 0 N–H and O–H groups in total. The minimum atomic E-state index is 0.491. The zero-order chi connectivity index (χ0) is 26.6. The van der Waals surface area contributed by atoms with E-state index in [4.69, 9.17) is 21.7 Å². The maximum absolute atomic E-state index is 9.65. The number of aromatic nitrogens is 6. The number of pyridine rings is 1. The summed E-state index contributed by atoms with van der Waals surface area (Å²) in [5, 5.41) is 17.5. The summed E-state index contributed by atoms with van der Waals surface area (Å²) >= 11 is 6.38. The van der Waals surface area contributed by atoms with E-state index in [0.29, 0.717) is 23.0 Å². The first-order valence-corrected chi connectivity index (χ1v) is 13.0. The SMILES string of the molecule is C/N=c1/c2c(-c3cc(C#N)cn3C)n(Cc3ccnc4ccc(Cl)cc34)nc2n(CC2CC2)/c(=N\C)n1C. The van der Waals surface area contributed by atoms with Crippen LogP contribution >= 0.6 is 11.6 Å². The van der Waals surface area contributed by atoms with Crippen LogP contribution in [-0.4, -0.2) is 42.6 Å². The Balaban J connectivity index is 1.72. The quantitative estimate of drug-likeness (QED) is 0.349. The van der Waals surface area contributed by atoms with Crippen molar-refractivity contribution in [2.45, 2.75) is 25.9 Å². The Morgan fingerprint density at radius 2 is 1.95 bits per heavy atom. The molecular formula is C28H28ClN9. The number of rotatable bonds is 5. The van der Waals surface area contributed by atoms with Gasteiger partial charge in [0.15, 0.2) is 5.65 Å².